The first-order chi connectivity index (χ1) is 5.66. The van der Waals surface area contributed by atoms with Crippen molar-refractivity contribution in [3.63, 3.8) is 0 Å². The van der Waals surface area contributed by atoms with Gasteiger partial charge >= 0.3 is 5.78 Å². The molecule has 0 aromatic carbocycles. The number of rotatable bonds is 1. The van der Waals surface area contributed by atoms with Gasteiger partial charge in [-0.2, -0.15) is 9.97 Å². The fourth-order valence-corrected chi connectivity index (χ4v) is 1.00. The van der Waals surface area contributed by atoms with Gasteiger partial charge < -0.3 is 8.83 Å². The van der Waals surface area contributed by atoms with E-state index < -0.39 is 0 Å². The molecule has 0 aliphatic rings. The molecule has 0 spiro atoms. The van der Waals surface area contributed by atoms with Gasteiger partial charge in [0.15, 0.2) is 5.89 Å². The summed E-state index contributed by atoms with van der Waals surface area (Å²) in [6.45, 7) is 5.79. The van der Waals surface area contributed by atoms with E-state index in [4.69, 9.17) is 8.83 Å². The molecule has 0 amide bonds. The predicted molar refractivity (Wildman–Crippen MR) is 42.9 cm³/mol. The summed E-state index contributed by atoms with van der Waals surface area (Å²) in [6.07, 6.45) is 0. The van der Waals surface area contributed by atoms with E-state index in [1.165, 1.54) is 0 Å². The lowest BCUT2D eigenvalue weighted by molar-refractivity contribution is 0.415. The first-order valence-electron chi connectivity index (χ1n) is 3.90. The van der Waals surface area contributed by atoms with Crippen LogP contribution in [0.1, 0.15) is 31.5 Å². The molecule has 2 aromatic rings. The fourth-order valence-electron chi connectivity index (χ4n) is 1.00. The highest BCUT2D eigenvalue weighted by molar-refractivity contribution is 5.60. The second-order valence-corrected chi connectivity index (χ2v) is 3.05. The number of nitrogens with zero attached hydrogens (tertiary/aromatic N) is 2. The Hall–Kier alpha value is -1.32. The summed E-state index contributed by atoms with van der Waals surface area (Å²) in [5.74, 6) is 1.97. The Balaban J connectivity index is 2.57. The molecule has 2 rings (SSSR count). The molecule has 0 saturated carbocycles. The average Bonchev–Trinajstić information content (AvgIpc) is 2.42. The summed E-state index contributed by atoms with van der Waals surface area (Å²) in [7, 11) is 0. The van der Waals surface area contributed by atoms with Crippen molar-refractivity contribution in [2.45, 2.75) is 26.7 Å². The maximum absolute atomic E-state index is 5.31. The van der Waals surface area contributed by atoms with E-state index in [1.807, 2.05) is 13.8 Å². The van der Waals surface area contributed by atoms with Crippen LogP contribution in [0.3, 0.4) is 0 Å². The van der Waals surface area contributed by atoms with E-state index in [0.29, 0.717) is 23.2 Å². The largest absolute Gasteiger partial charge is 0.408 e. The Morgan fingerprint density at radius 1 is 1.17 bits per heavy atom. The summed E-state index contributed by atoms with van der Waals surface area (Å²) in [6, 6.07) is 0. The molecule has 0 radical (unpaired) electrons. The molecule has 0 fully saturated rings. The molecule has 0 N–H and O–H groups in total. The van der Waals surface area contributed by atoms with Gasteiger partial charge in [0, 0.05) is 12.8 Å². The molecular formula is C8H10N2O2. The summed E-state index contributed by atoms with van der Waals surface area (Å²) in [4.78, 5) is 8.21. The zero-order valence-electron chi connectivity index (χ0n) is 7.29. The van der Waals surface area contributed by atoms with Crippen molar-refractivity contribution in [1.29, 1.82) is 0 Å². The number of oxazole rings is 2. The summed E-state index contributed by atoms with van der Waals surface area (Å²) in [5.41, 5.74) is 0.566. The molecule has 2 aromatic heterocycles. The van der Waals surface area contributed by atoms with Crippen molar-refractivity contribution < 1.29 is 8.83 Å². The SMILES string of the molecule is Cc1nc2nc(C(C)C)oc2o1. The Kier molecular flexibility index (Phi) is 1.43. The monoisotopic (exact) mass is 166 g/mol. The van der Waals surface area contributed by atoms with Gasteiger partial charge in [0.1, 0.15) is 0 Å². The second-order valence-electron chi connectivity index (χ2n) is 3.05. The Morgan fingerprint density at radius 3 is 2.50 bits per heavy atom. The number of hydrogen-bond acceptors (Lipinski definition) is 4. The number of aromatic nitrogens is 2. The van der Waals surface area contributed by atoms with Gasteiger partial charge in [0.05, 0.1) is 0 Å². The van der Waals surface area contributed by atoms with Crippen LogP contribution < -0.4 is 0 Å². The lowest BCUT2D eigenvalue weighted by atomic mass is 10.2. The molecule has 4 heteroatoms. The standard InChI is InChI=1S/C8H10N2O2/c1-4(2)7-10-6-8(12-7)11-5(3)9-6/h4H,1-3H3. The van der Waals surface area contributed by atoms with Crippen LogP contribution in [0.2, 0.25) is 0 Å². The van der Waals surface area contributed by atoms with Crippen LogP contribution in [0.4, 0.5) is 0 Å². The molecule has 0 bridgehead atoms. The van der Waals surface area contributed by atoms with Crippen LogP contribution in [-0.2, 0) is 0 Å². The van der Waals surface area contributed by atoms with Crippen molar-refractivity contribution in [2.75, 3.05) is 0 Å². The van der Waals surface area contributed by atoms with Gasteiger partial charge in [0.2, 0.25) is 11.5 Å². The van der Waals surface area contributed by atoms with E-state index >= 15 is 0 Å². The topological polar surface area (TPSA) is 52.1 Å². The van der Waals surface area contributed by atoms with E-state index in [1.54, 1.807) is 6.92 Å². The van der Waals surface area contributed by atoms with Crippen LogP contribution >= 0.6 is 0 Å². The maximum atomic E-state index is 5.31. The fraction of sp³-hybridized carbons (Fsp3) is 0.500. The van der Waals surface area contributed by atoms with Crippen LogP contribution in [-0.4, -0.2) is 9.97 Å². The van der Waals surface area contributed by atoms with Crippen LogP contribution in [0.5, 0.6) is 0 Å². The van der Waals surface area contributed by atoms with Crippen LogP contribution in [0.25, 0.3) is 11.4 Å². The van der Waals surface area contributed by atoms with Gasteiger partial charge in [-0.05, 0) is 0 Å². The molecule has 0 unspecified atom stereocenters. The first-order valence-corrected chi connectivity index (χ1v) is 3.90. The Labute approximate surface area is 69.6 Å². The van der Waals surface area contributed by atoms with Gasteiger partial charge in [0.25, 0.3) is 0 Å². The minimum atomic E-state index is 0.273. The van der Waals surface area contributed by atoms with E-state index in [2.05, 4.69) is 9.97 Å². The number of aryl methyl sites for hydroxylation is 1. The van der Waals surface area contributed by atoms with E-state index in [0.717, 1.165) is 0 Å². The molecule has 2 heterocycles. The normalized spacial score (nSPS) is 11.7. The molecule has 0 aliphatic heterocycles. The van der Waals surface area contributed by atoms with Gasteiger partial charge in [-0.25, -0.2) is 0 Å². The first kappa shape index (κ1) is 7.34. The number of hydrogen-bond donors (Lipinski definition) is 0. The van der Waals surface area contributed by atoms with Crippen molar-refractivity contribution in [3.8, 4) is 0 Å². The van der Waals surface area contributed by atoms with Crippen LogP contribution in [0, 0.1) is 6.92 Å². The molecule has 0 saturated heterocycles. The van der Waals surface area contributed by atoms with E-state index in [-0.39, 0.29) is 5.92 Å². The third-order valence-corrected chi connectivity index (χ3v) is 1.59. The van der Waals surface area contributed by atoms with Crippen molar-refractivity contribution in [2.24, 2.45) is 0 Å². The highest BCUT2D eigenvalue weighted by atomic mass is 16.5. The zero-order valence-corrected chi connectivity index (χ0v) is 7.29. The molecular weight excluding hydrogens is 156 g/mol. The van der Waals surface area contributed by atoms with Gasteiger partial charge in [-0.1, -0.05) is 13.8 Å². The molecule has 64 valence electrons. The zero-order chi connectivity index (χ0) is 8.72. The van der Waals surface area contributed by atoms with Gasteiger partial charge in [-0.3, -0.25) is 0 Å². The van der Waals surface area contributed by atoms with Gasteiger partial charge in [-0.15, -0.1) is 0 Å². The Bertz CT molecular complexity index is 369. The third kappa shape index (κ3) is 0.995. The average molecular weight is 166 g/mol. The van der Waals surface area contributed by atoms with Crippen molar-refractivity contribution >= 4 is 11.4 Å². The second kappa shape index (κ2) is 2.33. The third-order valence-electron chi connectivity index (χ3n) is 1.59. The quantitative estimate of drug-likeness (QED) is 0.651. The maximum Gasteiger partial charge on any atom is 0.339 e. The summed E-state index contributed by atoms with van der Waals surface area (Å²) >= 11 is 0. The molecule has 4 nitrogen and oxygen atoms in total. The van der Waals surface area contributed by atoms with Crippen molar-refractivity contribution in [1.82, 2.24) is 9.97 Å². The van der Waals surface area contributed by atoms with Crippen LogP contribution in [0.15, 0.2) is 8.83 Å². The minimum absolute atomic E-state index is 0.273. The summed E-state index contributed by atoms with van der Waals surface area (Å²) in [5, 5.41) is 0. The highest BCUT2D eigenvalue weighted by Crippen LogP contribution is 2.20. The molecule has 0 aliphatic carbocycles. The summed E-state index contributed by atoms with van der Waals surface area (Å²) < 4.78 is 10.5. The minimum Gasteiger partial charge on any atom is -0.408 e. The lowest BCUT2D eigenvalue weighted by Crippen LogP contribution is -1.85. The molecule has 0 atom stereocenters. The predicted octanol–water partition coefficient (Wildman–Crippen LogP) is 2.25. The Morgan fingerprint density at radius 2 is 1.92 bits per heavy atom. The highest BCUT2D eigenvalue weighted by Gasteiger charge is 2.13. The van der Waals surface area contributed by atoms with Crippen molar-refractivity contribution in [3.05, 3.63) is 11.8 Å². The van der Waals surface area contributed by atoms with E-state index in [9.17, 15) is 0 Å². The molecule has 12 heavy (non-hydrogen) atoms. The smallest absolute Gasteiger partial charge is 0.339 e. The lowest BCUT2D eigenvalue weighted by Gasteiger charge is -1.93. The number of fused-ring (bicyclic) bond motifs is 1.